The fourth-order valence-corrected chi connectivity index (χ4v) is 2.78. The van der Waals surface area contributed by atoms with Crippen LogP contribution in [-0.2, 0) is 0 Å². The van der Waals surface area contributed by atoms with E-state index in [0.29, 0.717) is 6.04 Å². The largest absolute Gasteiger partial charge is 0.307 e. The van der Waals surface area contributed by atoms with Gasteiger partial charge in [-0.15, -0.1) is 0 Å². The van der Waals surface area contributed by atoms with Crippen molar-refractivity contribution in [2.75, 3.05) is 0 Å². The van der Waals surface area contributed by atoms with Gasteiger partial charge in [0.15, 0.2) is 0 Å². The molecule has 0 heterocycles. The van der Waals surface area contributed by atoms with Crippen molar-refractivity contribution < 1.29 is 0 Å². The van der Waals surface area contributed by atoms with E-state index in [-0.39, 0.29) is 0 Å². The molecule has 1 aliphatic rings. The zero-order chi connectivity index (χ0) is 12.3. The van der Waals surface area contributed by atoms with Gasteiger partial charge in [-0.2, -0.15) is 0 Å². The van der Waals surface area contributed by atoms with Crippen LogP contribution in [0.4, 0.5) is 0 Å². The minimum absolute atomic E-state index is 0.536. The lowest BCUT2D eigenvalue weighted by Crippen LogP contribution is -2.42. The maximum Gasteiger partial charge on any atom is 0.0325 e. The Hall–Kier alpha value is -0.820. The second-order valence-corrected chi connectivity index (χ2v) is 6.03. The summed E-state index contributed by atoms with van der Waals surface area (Å²) in [5, 5.41) is 3.83. The first kappa shape index (κ1) is 12.6. The molecule has 1 aromatic carbocycles. The molecule has 1 fully saturated rings. The summed E-state index contributed by atoms with van der Waals surface area (Å²) < 4.78 is 0. The van der Waals surface area contributed by atoms with Gasteiger partial charge in [-0.3, -0.25) is 0 Å². The summed E-state index contributed by atoms with van der Waals surface area (Å²) in [6, 6.07) is 12.2. The van der Waals surface area contributed by atoms with Gasteiger partial charge in [0, 0.05) is 12.1 Å². The van der Waals surface area contributed by atoms with E-state index in [1.54, 1.807) is 0 Å². The lowest BCUT2D eigenvalue weighted by molar-refractivity contribution is 0.213. The quantitative estimate of drug-likeness (QED) is 0.802. The van der Waals surface area contributed by atoms with Crippen LogP contribution in [0.3, 0.4) is 0 Å². The molecule has 1 aromatic rings. The van der Waals surface area contributed by atoms with E-state index in [1.165, 1.54) is 24.8 Å². The van der Waals surface area contributed by atoms with Crippen LogP contribution in [0.5, 0.6) is 0 Å². The minimum Gasteiger partial charge on any atom is -0.307 e. The summed E-state index contributed by atoms with van der Waals surface area (Å²) in [4.78, 5) is 0. The van der Waals surface area contributed by atoms with Crippen molar-refractivity contribution in [3.05, 3.63) is 35.9 Å². The molecule has 0 bridgehead atoms. The Balaban J connectivity index is 1.98. The third-order valence-corrected chi connectivity index (χ3v) is 3.72. The zero-order valence-electron chi connectivity index (χ0n) is 11.3. The van der Waals surface area contributed by atoms with Crippen molar-refractivity contribution >= 4 is 0 Å². The van der Waals surface area contributed by atoms with E-state index in [0.717, 1.165) is 17.9 Å². The molecule has 1 saturated carbocycles. The average Bonchev–Trinajstić information content (AvgIpc) is 2.26. The normalized spacial score (nSPS) is 25.6. The van der Waals surface area contributed by atoms with Gasteiger partial charge in [0.25, 0.3) is 0 Å². The van der Waals surface area contributed by atoms with E-state index in [4.69, 9.17) is 0 Å². The molecule has 1 unspecified atom stereocenters. The van der Waals surface area contributed by atoms with Crippen molar-refractivity contribution in [2.24, 2.45) is 11.8 Å². The van der Waals surface area contributed by atoms with Gasteiger partial charge >= 0.3 is 0 Å². The summed E-state index contributed by atoms with van der Waals surface area (Å²) in [5.41, 5.74) is 1.45. The Kier molecular flexibility index (Phi) is 4.22. The van der Waals surface area contributed by atoms with Crippen molar-refractivity contribution in [3.8, 4) is 0 Å². The summed E-state index contributed by atoms with van der Waals surface area (Å²) in [6.07, 6.45) is 3.93. The van der Waals surface area contributed by atoms with Crippen LogP contribution < -0.4 is 5.32 Å². The number of hydrogen-bond donors (Lipinski definition) is 1. The van der Waals surface area contributed by atoms with Crippen molar-refractivity contribution in [1.29, 1.82) is 0 Å². The molecule has 0 spiro atoms. The molecule has 0 aromatic heterocycles. The molecule has 0 aliphatic heterocycles. The standard InChI is InChI=1S/C16H25N/c1-12(2)9-16(14-7-5-4-6-8-14)17-15-10-13(3)11-15/h4-8,12-13,15-17H,9-11H2,1-3H3. The number of nitrogens with one attached hydrogen (secondary N) is 1. The Morgan fingerprint density at radius 2 is 1.82 bits per heavy atom. The lowest BCUT2D eigenvalue weighted by atomic mass is 9.80. The monoisotopic (exact) mass is 231 g/mol. The van der Waals surface area contributed by atoms with Gasteiger partial charge in [-0.05, 0) is 36.7 Å². The van der Waals surface area contributed by atoms with Crippen LogP contribution in [0.15, 0.2) is 30.3 Å². The van der Waals surface area contributed by atoms with Crippen LogP contribution >= 0.6 is 0 Å². The van der Waals surface area contributed by atoms with E-state index in [9.17, 15) is 0 Å². The van der Waals surface area contributed by atoms with E-state index in [1.807, 2.05) is 0 Å². The van der Waals surface area contributed by atoms with Gasteiger partial charge in [-0.25, -0.2) is 0 Å². The fourth-order valence-electron chi connectivity index (χ4n) is 2.78. The number of benzene rings is 1. The van der Waals surface area contributed by atoms with Crippen molar-refractivity contribution in [2.45, 2.75) is 52.1 Å². The van der Waals surface area contributed by atoms with Crippen LogP contribution in [0.1, 0.15) is 51.6 Å². The molecule has 17 heavy (non-hydrogen) atoms. The first-order valence-corrected chi connectivity index (χ1v) is 6.96. The summed E-state index contributed by atoms with van der Waals surface area (Å²) in [6.45, 7) is 6.96. The van der Waals surface area contributed by atoms with Crippen LogP contribution in [0.25, 0.3) is 0 Å². The molecule has 0 amide bonds. The summed E-state index contributed by atoms with van der Waals surface area (Å²) >= 11 is 0. The van der Waals surface area contributed by atoms with Crippen LogP contribution in [0, 0.1) is 11.8 Å². The van der Waals surface area contributed by atoms with Crippen LogP contribution in [-0.4, -0.2) is 6.04 Å². The van der Waals surface area contributed by atoms with Crippen LogP contribution in [0.2, 0.25) is 0 Å². The highest BCUT2D eigenvalue weighted by molar-refractivity contribution is 5.19. The first-order valence-electron chi connectivity index (χ1n) is 6.96. The van der Waals surface area contributed by atoms with Crippen molar-refractivity contribution in [1.82, 2.24) is 5.32 Å². The third kappa shape index (κ3) is 3.57. The van der Waals surface area contributed by atoms with Gasteiger partial charge in [0.1, 0.15) is 0 Å². The van der Waals surface area contributed by atoms with Gasteiger partial charge < -0.3 is 5.32 Å². The number of hydrogen-bond acceptors (Lipinski definition) is 1. The molecule has 1 atom stereocenters. The molecule has 0 radical (unpaired) electrons. The Labute approximate surface area is 106 Å². The van der Waals surface area contributed by atoms with E-state index in [2.05, 4.69) is 56.4 Å². The maximum atomic E-state index is 3.83. The third-order valence-electron chi connectivity index (χ3n) is 3.72. The minimum atomic E-state index is 0.536. The predicted molar refractivity (Wildman–Crippen MR) is 74.0 cm³/mol. The second kappa shape index (κ2) is 5.68. The zero-order valence-corrected chi connectivity index (χ0v) is 11.3. The Bertz CT molecular complexity index is 325. The number of rotatable bonds is 5. The molecule has 1 N–H and O–H groups in total. The molecular formula is C16H25N. The molecule has 94 valence electrons. The van der Waals surface area contributed by atoms with Crippen molar-refractivity contribution in [3.63, 3.8) is 0 Å². The van der Waals surface area contributed by atoms with E-state index >= 15 is 0 Å². The maximum absolute atomic E-state index is 3.83. The van der Waals surface area contributed by atoms with Gasteiger partial charge in [0.05, 0.1) is 0 Å². The topological polar surface area (TPSA) is 12.0 Å². The highest BCUT2D eigenvalue weighted by atomic mass is 15.0. The van der Waals surface area contributed by atoms with Gasteiger partial charge in [-0.1, -0.05) is 51.1 Å². The molecule has 1 aliphatic carbocycles. The SMILES string of the molecule is CC(C)CC(NC1CC(C)C1)c1ccccc1. The molecule has 1 nitrogen and oxygen atoms in total. The highest BCUT2D eigenvalue weighted by Crippen LogP contribution is 2.30. The summed E-state index contributed by atoms with van der Waals surface area (Å²) in [5.74, 6) is 1.66. The fraction of sp³-hybridized carbons (Fsp3) is 0.625. The molecule has 0 saturated heterocycles. The lowest BCUT2D eigenvalue weighted by Gasteiger charge is -2.37. The smallest absolute Gasteiger partial charge is 0.0325 e. The molecule has 1 heteroatoms. The molecular weight excluding hydrogens is 206 g/mol. The van der Waals surface area contributed by atoms with Gasteiger partial charge in [0.2, 0.25) is 0 Å². The van der Waals surface area contributed by atoms with E-state index < -0.39 is 0 Å². The average molecular weight is 231 g/mol. The Morgan fingerprint density at radius 3 is 2.35 bits per heavy atom. The molecule has 2 rings (SSSR count). The second-order valence-electron chi connectivity index (χ2n) is 6.03. The Morgan fingerprint density at radius 1 is 1.18 bits per heavy atom. The summed E-state index contributed by atoms with van der Waals surface area (Å²) in [7, 11) is 0. The highest BCUT2D eigenvalue weighted by Gasteiger charge is 2.27. The first-order chi connectivity index (χ1) is 8.15. The predicted octanol–water partition coefficient (Wildman–Crippen LogP) is 4.16.